The van der Waals surface area contributed by atoms with Crippen molar-refractivity contribution < 1.29 is 28.5 Å². The normalized spacial score (nSPS) is 14.9. The fourth-order valence-corrected chi connectivity index (χ4v) is 4.76. The maximum atomic E-state index is 12.9. The summed E-state index contributed by atoms with van der Waals surface area (Å²) in [4.78, 5) is 30.4. The van der Waals surface area contributed by atoms with Gasteiger partial charge in [0.2, 0.25) is 11.7 Å². The molecule has 10 heteroatoms. The second-order valence-corrected chi connectivity index (χ2v) is 9.25. The number of aliphatic imine (C=N–C) groups is 1. The van der Waals surface area contributed by atoms with Crippen LogP contribution in [0.5, 0.6) is 17.2 Å². The van der Waals surface area contributed by atoms with E-state index < -0.39 is 12.0 Å². The Morgan fingerprint density at radius 3 is 2.19 bits per heavy atom. The zero-order chi connectivity index (χ0) is 27.1. The number of nitrogens with zero attached hydrogens (tertiary/aromatic N) is 1. The molecule has 1 heterocycles. The van der Waals surface area contributed by atoms with E-state index >= 15 is 0 Å². The molecule has 1 amide bonds. The summed E-state index contributed by atoms with van der Waals surface area (Å²) >= 11 is 1.25. The van der Waals surface area contributed by atoms with Crippen molar-refractivity contribution in [1.29, 1.82) is 0 Å². The molecule has 37 heavy (non-hydrogen) atoms. The van der Waals surface area contributed by atoms with Gasteiger partial charge in [0, 0.05) is 11.4 Å². The Labute approximate surface area is 221 Å². The predicted octanol–water partition coefficient (Wildman–Crippen LogP) is 4.54. The first-order chi connectivity index (χ1) is 17.7. The molecular weight excluding hydrogens is 494 g/mol. The van der Waals surface area contributed by atoms with Crippen LogP contribution in [0, 0.1) is 13.8 Å². The molecule has 0 saturated heterocycles. The summed E-state index contributed by atoms with van der Waals surface area (Å²) in [5.74, 6) is 0.801. The average Bonchev–Trinajstić information content (AvgIpc) is 2.88. The zero-order valence-electron chi connectivity index (χ0n) is 22.2. The van der Waals surface area contributed by atoms with Crippen LogP contribution in [0.4, 0.5) is 5.69 Å². The van der Waals surface area contributed by atoms with E-state index in [0.717, 1.165) is 16.8 Å². The number of thioether (sulfide) groups is 1. The van der Waals surface area contributed by atoms with Gasteiger partial charge in [-0.25, -0.2) is 9.79 Å². The Hall–Kier alpha value is -3.66. The molecule has 198 valence electrons. The number of anilines is 1. The number of amidine groups is 1. The monoisotopic (exact) mass is 527 g/mol. The molecule has 0 spiro atoms. The van der Waals surface area contributed by atoms with Gasteiger partial charge in [0.05, 0.1) is 39.3 Å². The van der Waals surface area contributed by atoms with E-state index in [1.807, 2.05) is 32.0 Å². The SMILES string of the molecule is CCOC(=O)C1=C(C)NC(SCC(=O)Nc2c(C)cccc2C)=N[C@@H]1c1cc(OC)c(OC)c(OC)c1. The molecule has 2 aromatic rings. The van der Waals surface area contributed by atoms with Gasteiger partial charge in [0.1, 0.15) is 6.04 Å². The molecular formula is C27H33N3O6S. The Morgan fingerprint density at radius 1 is 1.03 bits per heavy atom. The molecule has 0 aromatic heterocycles. The van der Waals surface area contributed by atoms with Gasteiger partial charge in [-0.3, -0.25) is 4.79 Å². The second-order valence-electron chi connectivity index (χ2n) is 8.28. The minimum atomic E-state index is -0.710. The quantitative estimate of drug-likeness (QED) is 0.458. The van der Waals surface area contributed by atoms with Crippen molar-refractivity contribution in [1.82, 2.24) is 5.32 Å². The van der Waals surface area contributed by atoms with Crippen molar-refractivity contribution in [2.24, 2.45) is 4.99 Å². The van der Waals surface area contributed by atoms with Gasteiger partial charge in [0.25, 0.3) is 0 Å². The molecule has 2 N–H and O–H groups in total. The molecule has 3 rings (SSSR count). The summed E-state index contributed by atoms with van der Waals surface area (Å²) in [5, 5.41) is 6.64. The van der Waals surface area contributed by atoms with Gasteiger partial charge >= 0.3 is 5.97 Å². The van der Waals surface area contributed by atoms with E-state index in [1.54, 1.807) is 26.0 Å². The van der Waals surface area contributed by atoms with Gasteiger partial charge in [-0.2, -0.15) is 0 Å². The number of hydrogen-bond acceptors (Lipinski definition) is 9. The highest BCUT2D eigenvalue weighted by molar-refractivity contribution is 8.14. The minimum absolute atomic E-state index is 0.129. The maximum Gasteiger partial charge on any atom is 0.338 e. The van der Waals surface area contributed by atoms with Gasteiger partial charge in [-0.1, -0.05) is 30.0 Å². The molecule has 1 atom stereocenters. The van der Waals surface area contributed by atoms with Gasteiger partial charge in [-0.15, -0.1) is 0 Å². The summed E-state index contributed by atoms with van der Waals surface area (Å²) in [6, 6.07) is 8.66. The summed E-state index contributed by atoms with van der Waals surface area (Å²) in [6.07, 6.45) is 0. The summed E-state index contributed by atoms with van der Waals surface area (Å²) in [6.45, 7) is 7.66. The Balaban J connectivity index is 1.92. The number of esters is 1. The van der Waals surface area contributed by atoms with Crippen LogP contribution in [0.15, 0.2) is 46.6 Å². The van der Waals surface area contributed by atoms with Crippen LogP contribution >= 0.6 is 11.8 Å². The van der Waals surface area contributed by atoms with Crippen LogP contribution in [-0.2, 0) is 14.3 Å². The van der Waals surface area contributed by atoms with Crippen molar-refractivity contribution in [3.05, 3.63) is 58.3 Å². The van der Waals surface area contributed by atoms with Gasteiger partial charge < -0.3 is 29.6 Å². The molecule has 0 radical (unpaired) electrons. The highest BCUT2D eigenvalue weighted by atomic mass is 32.2. The number of amides is 1. The van der Waals surface area contributed by atoms with E-state index in [1.165, 1.54) is 33.1 Å². The molecule has 1 aliphatic rings. The topological polar surface area (TPSA) is 107 Å². The fraction of sp³-hybridized carbons (Fsp3) is 0.370. The number of hydrogen-bond donors (Lipinski definition) is 2. The molecule has 0 fully saturated rings. The first kappa shape index (κ1) is 27.9. The third-order valence-electron chi connectivity index (χ3n) is 5.80. The van der Waals surface area contributed by atoms with Crippen LogP contribution in [0.3, 0.4) is 0 Å². The highest BCUT2D eigenvalue weighted by Gasteiger charge is 2.32. The lowest BCUT2D eigenvalue weighted by Gasteiger charge is -2.26. The lowest BCUT2D eigenvalue weighted by atomic mass is 9.96. The van der Waals surface area contributed by atoms with Crippen LogP contribution in [0.2, 0.25) is 0 Å². The molecule has 9 nitrogen and oxygen atoms in total. The standard InChI is InChI=1S/C27H33N3O6S/c1-8-36-26(32)22-17(4)28-27(37-14-21(31)29-23-15(2)10-9-11-16(23)3)30-24(22)18-12-19(33-5)25(35-7)20(13-18)34-6/h9-13,24H,8,14H2,1-7H3,(H,28,30)(H,29,31)/t24-/m1/s1. The summed E-state index contributed by atoms with van der Waals surface area (Å²) < 4.78 is 21.8. The molecule has 0 unspecified atom stereocenters. The van der Waals surface area contributed by atoms with Gasteiger partial charge in [-0.05, 0) is 56.5 Å². The third kappa shape index (κ3) is 6.37. The zero-order valence-corrected chi connectivity index (χ0v) is 23.0. The molecule has 0 bridgehead atoms. The van der Waals surface area contributed by atoms with Crippen molar-refractivity contribution >= 4 is 34.5 Å². The second kappa shape index (κ2) is 12.5. The van der Waals surface area contributed by atoms with Gasteiger partial charge in [0.15, 0.2) is 16.7 Å². The number of rotatable bonds is 9. The largest absolute Gasteiger partial charge is 0.493 e. The summed E-state index contributed by atoms with van der Waals surface area (Å²) in [5.41, 5.74) is 4.39. The van der Waals surface area contributed by atoms with Crippen LogP contribution < -0.4 is 24.8 Å². The van der Waals surface area contributed by atoms with E-state index in [9.17, 15) is 9.59 Å². The number of nitrogens with one attached hydrogen (secondary N) is 2. The van der Waals surface area contributed by atoms with Crippen molar-refractivity contribution in [3.8, 4) is 17.2 Å². The molecule has 1 aliphatic heterocycles. The first-order valence-corrected chi connectivity index (χ1v) is 12.7. The molecule has 0 saturated carbocycles. The number of ether oxygens (including phenoxy) is 4. The number of para-hydroxylation sites is 1. The van der Waals surface area contributed by atoms with E-state index in [2.05, 4.69) is 10.6 Å². The highest BCUT2D eigenvalue weighted by Crippen LogP contribution is 2.43. The number of benzene rings is 2. The van der Waals surface area contributed by atoms with E-state index in [4.69, 9.17) is 23.9 Å². The van der Waals surface area contributed by atoms with Crippen LogP contribution in [-0.4, -0.2) is 50.7 Å². The average molecular weight is 528 g/mol. The molecule has 2 aromatic carbocycles. The number of aryl methyl sites for hydroxylation is 2. The fourth-order valence-electron chi connectivity index (χ4n) is 4.02. The smallest absolute Gasteiger partial charge is 0.338 e. The lowest BCUT2D eigenvalue weighted by molar-refractivity contribution is -0.139. The van der Waals surface area contributed by atoms with E-state index in [-0.39, 0.29) is 18.3 Å². The third-order valence-corrected chi connectivity index (χ3v) is 6.69. The van der Waals surface area contributed by atoms with Crippen LogP contribution in [0.25, 0.3) is 0 Å². The van der Waals surface area contributed by atoms with E-state index in [0.29, 0.717) is 39.2 Å². The maximum absolute atomic E-state index is 12.9. The van der Waals surface area contributed by atoms with Crippen molar-refractivity contribution in [2.75, 3.05) is 39.0 Å². The Bertz CT molecular complexity index is 1200. The summed E-state index contributed by atoms with van der Waals surface area (Å²) in [7, 11) is 4.57. The van der Waals surface area contributed by atoms with Crippen LogP contribution in [0.1, 0.15) is 36.6 Å². The predicted molar refractivity (Wildman–Crippen MR) is 146 cm³/mol. The lowest BCUT2D eigenvalue weighted by Crippen LogP contribution is -2.31. The number of carbonyl (C=O) groups excluding carboxylic acids is 2. The number of carbonyl (C=O) groups is 2. The van der Waals surface area contributed by atoms with Crippen molar-refractivity contribution in [2.45, 2.75) is 33.7 Å². The Kier molecular flexibility index (Phi) is 9.46. The Morgan fingerprint density at radius 2 is 1.65 bits per heavy atom. The molecule has 0 aliphatic carbocycles. The number of allylic oxidation sites excluding steroid dienone is 1. The number of methoxy groups -OCH3 is 3. The minimum Gasteiger partial charge on any atom is -0.493 e. The first-order valence-electron chi connectivity index (χ1n) is 11.7. The van der Waals surface area contributed by atoms with Crippen molar-refractivity contribution in [3.63, 3.8) is 0 Å².